The maximum Gasteiger partial charge on any atom is 0.136 e. The third-order valence-corrected chi connectivity index (χ3v) is 2.69. The van der Waals surface area contributed by atoms with Crippen LogP contribution in [0.1, 0.15) is 25.0 Å². The molecule has 0 saturated heterocycles. The van der Waals surface area contributed by atoms with Gasteiger partial charge in [0.05, 0.1) is 4.32 Å². The smallest absolute Gasteiger partial charge is 0.136 e. The highest BCUT2D eigenvalue weighted by molar-refractivity contribution is 9.10. The summed E-state index contributed by atoms with van der Waals surface area (Å²) in [4.78, 5) is 10.7. The number of hydrogen-bond donors (Lipinski definition) is 0. The zero-order valence-electron chi connectivity index (χ0n) is 8.59. The van der Waals surface area contributed by atoms with E-state index in [4.69, 9.17) is 0 Å². The van der Waals surface area contributed by atoms with Gasteiger partial charge in [0.2, 0.25) is 0 Å². The van der Waals surface area contributed by atoms with E-state index in [-0.39, 0.29) is 0 Å². The lowest BCUT2D eigenvalue weighted by atomic mass is 10.0. The number of alkyl halides is 1. The molecule has 0 saturated carbocycles. The molecule has 0 spiro atoms. The Labute approximate surface area is 93.7 Å². The fraction of sp³-hybridized carbons (Fsp3) is 0.417. The minimum absolute atomic E-state index is 0.430. The summed E-state index contributed by atoms with van der Waals surface area (Å²) < 4.78 is -0.430. The number of hydrogen-bond acceptors (Lipinski definition) is 1. The maximum atomic E-state index is 10.7. The summed E-state index contributed by atoms with van der Waals surface area (Å²) in [7, 11) is 0. The van der Waals surface area contributed by atoms with Gasteiger partial charge in [-0.15, -0.1) is 0 Å². The average Bonchev–Trinajstić information content (AvgIpc) is 2.19. The first-order valence-electron chi connectivity index (χ1n) is 4.80. The van der Waals surface area contributed by atoms with Crippen molar-refractivity contribution in [2.45, 2.75) is 31.0 Å². The summed E-state index contributed by atoms with van der Waals surface area (Å²) in [5, 5.41) is 0. The van der Waals surface area contributed by atoms with Crippen molar-refractivity contribution in [1.29, 1.82) is 0 Å². The fourth-order valence-corrected chi connectivity index (χ4v) is 1.66. The van der Waals surface area contributed by atoms with E-state index in [0.717, 1.165) is 19.1 Å². The number of carbonyl (C=O) groups excluding carboxylic acids is 1. The summed E-state index contributed by atoms with van der Waals surface area (Å²) in [6, 6.07) is 8.40. The maximum absolute atomic E-state index is 10.7. The summed E-state index contributed by atoms with van der Waals surface area (Å²) in [5.74, 6) is 0. The molecule has 0 aliphatic rings. The lowest BCUT2D eigenvalue weighted by Gasteiger charge is -2.14. The molecule has 1 rings (SSSR count). The monoisotopic (exact) mass is 254 g/mol. The Balaban J connectivity index is 2.73. The molecule has 0 aliphatic heterocycles. The quantitative estimate of drug-likeness (QED) is 0.596. The molecule has 0 bridgehead atoms. The van der Waals surface area contributed by atoms with Gasteiger partial charge in [-0.25, -0.2) is 0 Å². The van der Waals surface area contributed by atoms with Crippen molar-refractivity contribution in [2.75, 3.05) is 0 Å². The highest BCUT2D eigenvalue weighted by Crippen LogP contribution is 2.20. The molecule has 1 atom stereocenters. The Bertz CT molecular complexity index is 301. The minimum Gasteiger partial charge on any atom is -0.302 e. The second-order valence-corrected chi connectivity index (χ2v) is 5.55. The number of aldehydes is 1. The van der Waals surface area contributed by atoms with Crippen molar-refractivity contribution in [3.8, 4) is 0 Å². The van der Waals surface area contributed by atoms with Crippen molar-refractivity contribution in [3.05, 3.63) is 35.4 Å². The molecular weight excluding hydrogens is 240 g/mol. The van der Waals surface area contributed by atoms with E-state index in [1.54, 1.807) is 0 Å². The van der Waals surface area contributed by atoms with Crippen LogP contribution in [0.4, 0.5) is 0 Å². The van der Waals surface area contributed by atoms with Gasteiger partial charge in [-0.1, -0.05) is 47.1 Å². The van der Waals surface area contributed by atoms with Crippen LogP contribution in [0.5, 0.6) is 0 Å². The van der Waals surface area contributed by atoms with Gasteiger partial charge < -0.3 is 4.79 Å². The van der Waals surface area contributed by atoms with Crippen molar-refractivity contribution >= 4 is 22.2 Å². The second-order valence-electron chi connectivity index (χ2n) is 3.74. The van der Waals surface area contributed by atoms with Crippen LogP contribution in [0.25, 0.3) is 0 Å². The SMILES string of the molecule is CCc1ccc(C[C@](C)(Br)C=O)cc1. The number of benzene rings is 1. The standard InChI is InChI=1S/C12H15BrO/c1-3-10-4-6-11(7-5-10)8-12(2,13)9-14/h4-7,9H,3,8H2,1-2H3/t12-/m0/s1. The molecule has 0 radical (unpaired) electrons. The van der Waals surface area contributed by atoms with Crippen molar-refractivity contribution in [3.63, 3.8) is 0 Å². The summed E-state index contributed by atoms with van der Waals surface area (Å²) in [6.07, 6.45) is 2.74. The van der Waals surface area contributed by atoms with E-state index in [9.17, 15) is 4.79 Å². The first-order valence-corrected chi connectivity index (χ1v) is 5.60. The second kappa shape index (κ2) is 4.74. The van der Waals surface area contributed by atoms with Crippen LogP contribution in [0.2, 0.25) is 0 Å². The van der Waals surface area contributed by atoms with Gasteiger partial charge in [-0.2, -0.15) is 0 Å². The van der Waals surface area contributed by atoms with E-state index >= 15 is 0 Å². The summed E-state index contributed by atoms with van der Waals surface area (Å²) in [6.45, 7) is 4.02. The molecule has 1 nitrogen and oxygen atoms in total. The Morgan fingerprint density at radius 3 is 2.21 bits per heavy atom. The Morgan fingerprint density at radius 2 is 1.79 bits per heavy atom. The van der Waals surface area contributed by atoms with E-state index in [0.29, 0.717) is 0 Å². The van der Waals surface area contributed by atoms with Crippen LogP contribution >= 0.6 is 15.9 Å². The largest absolute Gasteiger partial charge is 0.302 e. The molecule has 0 aromatic heterocycles. The molecule has 1 aromatic rings. The lowest BCUT2D eigenvalue weighted by molar-refractivity contribution is -0.109. The Morgan fingerprint density at radius 1 is 1.29 bits per heavy atom. The Kier molecular flexibility index (Phi) is 3.87. The highest BCUT2D eigenvalue weighted by Gasteiger charge is 2.19. The normalized spacial score (nSPS) is 14.8. The van der Waals surface area contributed by atoms with Gasteiger partial charge in [-0.05, 0) is 30.9 Å². The van der Waals surface area contributed by atoms with Crippen molar-refractivity contribution in [1.82, 2.24) is 0 Å². The first-order chi connectivity index (χ1) is 6.57. The van der Waals surface area contributed by atoms with Crippen LogP contribution in [0.3, 0.4) is 0 Å². The van der Waals surface area contributed by atoms with Gasteiger partial charge in [0.15, 0.2) is 0 Å². The summed E-state index contributed by atoms with van der Waals surface area (Å²) >= 11 is 3.39. The number of carbonyl (C=O) groups is 1. The van der Waals surface area contributed by atoms with Gasteiger partial charge in [-0.3, -0.25) is 0 Å². The molecule has 76 valence electrons. The van der Waals surface area contributed by atoms with E-state index in [1.807, 2.05) is 6.92 Å². The zero-order valence-corrected chi connectivity index (χ0v) is 10.2. The van der Waals surface area contributed by atoms with Crippen LogP contribution in [0, 0.1) is 0 Å². The number of aryl methyl sites for hydroxylation is 1. The van der Waals surface area contributed by atoms with Crippen LogP contribution < -0.4 is 0 Å². The van der Waals surface area contributed by atoms with Crippen molar-refractivity contribution in [2.24, 2.45) is 0 Å². The van der Waals surface area contributed by atoms with E-state index in [1.165, 1.54) is 11.1 Å². The Hall–Kier alpha value is -0.630. The molecule has 2 heteroatoms. The van der Waals surface area contributed by atoms with Gasteiger partial charge in [0, 0.05) is 0 Å². The van der Waals surface area contributed by atoms with Gasteiger partial charge in [0.1, 0.15) is 6.29 Å². The first kappa shape index (κ1) is 11.4. The average molecular weight is 255 g/mol. The molecule has 0 amide bonds. The van der Waals surface area contributed by atoms with Gasteiger partial charge in [0.25, 0.3) is 0 Å². The molecule has 1 aromatic carbocycles. The number of halogens is 1. The molecule has 14 heavy (non-hydrogen) atoms. The third-order valence-electron chi connectivity index (χ3n) is 2.23. The minimum atomic E-state index is -0.430. The van der Waals surface area contributed by atoms with Crippen LogP contribution in [0.15, 0.2) is 24.3 Å². The van der Waals surface area contributed by atoms with Crippen molar-refractivity contribution < 1.29 is 4.79 Å². The third kappa shape index (κ3) is 3.26. The molecule has 0 N–H and O–H groups in total. The molecule has 0 fully saturated rings. The fourth-order valence-electron chi connectivity index (χ4n) is 1.33. The molecule has 0 aliphatic carbocycles. The predicted octanol–water partition coefficient (Wildman–Crippen LogP) is 3.14. The highest BCUT2D eigenvalue weighted by atomic mass is 79.9. The van der Waals surface area contributed by atoms with E-state index < -0.39 is 4.32 Å². The van der Waals surface area contributed by atoms with Crippen LogP contribution in [-0.4, -0.2) is 10.6 Å². The molecule has 0 unspecified atom stereocenters. The molecule has 0 heterocycles. The zero-order chi connectivity index (χ0) is 10.6. The van der Waals surface area contributed by atoms with E-state index in [2.05, 4.69) is 47.1 Å². The summed E-state index contributed by atoms with van der Waals surface area (Å²) in [5.41, 5.74) is 2.52. The lowest BCUT2D eigenvalue weighted by Crippen LogP contribution is -2.20. The predicted molar refractivity (Wildman–Crippen MR) is 62.9 cm³/mol. The molecular formula is C12H15BrO. The van der Waals surface area contributed by atoms with Gasteiger partial charge >= 0.3 is 0 Å². The van der Waals surface area contributed by atoms with Crippen LogP contribution in [-0.2, 0) is 17.6 Å². The topological polar surface area (TPSA) is 17.1 Å². The number of rotatable bonds is 4.